The summed E-state index contributed by atoms with van der Waals surface area (Å²) in [6.45, 7) is 8.85. The van der Waals surface area contributed by atoms with Crippen LogP contribution in [0.3, 0.4) is 0 Å². The molecule has 0 aliphatic carbocycles. The molecule has 0 amide bonds. The number of aliphatic hydroxyl groups is 1. The van der Waals surface area contributed by atoms with E-state index in [2.05, 4.69) is 25.7 Å². The summed E-state index contributed by atoms with van der Waals surface area (Å²) in [4.78, 5) is 2.34. The van der Waals surface area contributed by atoms with Gasteiger partial charge in [-0.1, -0.05) is 115 Å². The molecule has 0 spiro atoms. The van der Waals surface area contributed by atoms with Crippen LogP contribution >= 0.6 is 35.7 Å². The molecule has 0 aliphatic rings. The predicted molar refractivity (Wildman–Crippen MR) is 142 cm³/mol. The Morgan fingerprint density at radius 3 is 1.72 bits per heavy atom. The molecule has 0 radical (unpaired) electrons. The first-order chi connectivity index (χ1) is 14.2. The molecule has 5 heteroatoms. The smallest absolute Gasteiger partial charge is 0.136 e. The van der Waals surface area contributed by atoms with E-state index in [4.69, 9.17) is 12.2 Å². The van der Waals surface area contributed by atoms with Gasteiger partial charge in [0.05, 0.1) is 6.10 Å². The maximum absolute atomic E-state index is 10.3. The zero-order valence-corrected chi connectivity index (χ0v) is 22.1. The molecule has 0 aromatic carbocycles. The highest BCUT2D eigenvalue weighted by Gasteiger charge is 2.12. The second-order valence-corrected chi connectivity index (χ2v) is 11.0. The monoisotopic (exact) mass is 463 g/mol. The summed E-state index contributed by atoms with van der Waals surface area (Å²) in [5, 5.41) is 10.3. The van der Waals surface area contributed by atoms with E-state index in [0.29, 0.717) is 0 Å². The molecule has 0 aliphatic heterocycles. The third-order valence-electron chi connectivity index (χ3n) is 5.17. The van der Waals surface area contributed by atoms with Crippen molar-refractivity contribution in [1.82, 2.24) is 4.90 Å². The van der Waals surface area contributed by atoms with Crippen LogP contribution in [0.2, 0.25) is 0 Å². The lowest BCUT2D eigenvalue weighted by atomic mass is 10.1. The summed E-state index contributed by atoms with van der Waals surface area (Å²) in [6.07, 6.45) is 18.4. The summed E-state index contributed by atoms with van der Waals surface area (Å²) >= 11 is 9.20. The van der Waals surface area contributed by atoms with Crippen LogP contribution in [0.5, 0.6) is 0 Å². The molecule has 174 valence electrons. The Kier molecular flexibility index (Phi) is 23.7. The molecule has 1 unspecified atom stereocenters. The van der Waals surface area contributed by atoms with Gasteiger partial charge in [0, 0.05) is 24.6 Å². The topological polar surface area (TPSA) is 23.5 Å². The number of nitrogens with zero attached hydrogens (tertiary/aromatic N) is 1. The highest BCUT2D eigenvalue weighted by molar-refractivity contribution is 8.22. The highest BCUT2D eigenvalue weighted by atomic mass is 32.2. The number of rotatable bonds is 21. The van der Waals surface area contributed by atoms with Crippen molar-refractivity contribution in [3.05, 3.63) is 0 Å². The Hall–Kier alpha value is 0.550. The summed E-state index contributed by atoms with van der Waals surface area (Å²) in [6, 6.07) is 0. The first-order valence-corrected chi connectivity index (χ1v) is 14.9. The molecule has 0 aromatic rings. The van der Waals surface area contributed by atoms with Crippen molar-refractivity contribution in [2.24, 2.45) is 0 Å². The molecule has 2 nitrogen and oxygen atoms in total. The SMILES string of the molecule is CCCCCCCCCCCCSCC(O)CSC(=S)N(CCCC)CCCC. The van der Waals surface area contributed by atoms with Crippen molar-refractivity contribution >= 4 is 40.1 Å². The third kappa shape index (κ3) is 20.2. The zero-order valence-electron chi connectivity index (χ0n) is 19.6. The highest BCUT2D eigenvalue weighted by Crippen LogP contribution is 2.17. The number of hydrogen-bond acceptors (Lipinski definition) is 4. The van der Waals surface area contributed by atoms with Gasteiger partial charge in [-0.25, -0.2) is 0 Å². The Bertz CT molecular complexity index is 347. The van der Waals surface area contributed by atoms with Gasteiger partial charge in [-0.15, -0.1) is 0 Å². The van der Waals surface area contributed by atoms with E-state index >= 15 is 0 Å². The van der Waals surface area contributed by atoms with Gasteiger partial charge in [0.25, 0.3) is 0 Å². The molecule has 0 rings (SSSR count). The number of aliphatic hydroxyl groups excluding tert-OH is 1. The zero-order chi connectivity index (χ0) is 21.6. The van der Waals surface area contributed by atoms with Crippen LogP contribution < -0.4 is 0 Å². The molecular weight excluding hydrogens is 414 g/mol. The third-order valence-corrected chi connectivity index (χ3v) is 8.04. The molecule has 0 heterocycles. The van der Waals surface area contributed by atoms with Crippen molar-refractivity contribution in [1.29, 1.82) is 0 Å². The summed E-state index contributed by atoms with van der Waals surface area (Å²) in [5.41, 5.74) is 0. The quantitative estimate of drug-likeness (QED) is 0.138. The van der Waals surface area contributed by atoms with Gasteiger partial charge >= 0.3 is 0 Å². The first kappa shape index (κ1) is 29.5. The second-order valence-electron chi connectivity index (χ2n) is 8.18. The first-order valence-electron chi connectivity index (χ1n) is 12.3. The van der Waals surface area contributed by atoms with Gasteiger partial charge in [-0.05, 0) is 25.0 Å². The van der Waals surface area contributed by atoms with Crippen LogP contribution in [-0.4, -0.2) is 50.8 Å². The van der Waals surface area contributed by atoms with Gasteiger partial charge in [-0.3, -0.25) is 0 Å². The van der Waals surface area contributed by atoms with Gasteiger partial charge in [0.2, 0.25) is 0 Å². The van der Waals surface area contributed by atoms with Crippen molar-refractivity contribution in [3.63, 3.8) is 0 Å². The van der Waals surface area contributed by atoms with E-state index in [9.17, 15) is 5.11 Å². The van der Waals surface area contributed by atoms with Crippen LogP contribution in [-0.2, 0) is 0 Å². The molecule has 1 atom stereocenters. The minimum absolute atomic E-state index is 0.245. The fourth-order valence-electron chi connectivity index (χ4n) is 3.21. The Labute approximate surface area is 196 Å². The lowest BCUT2D eigenvalue weighted by molar-refractivity contribution is 0.225. The molecule has 1 N–H and O–H groups in total. The summed E-state index contributed by atoms with van der Waals surface area (Å²) in [5.74, 6) is 2.76. The van der Waals surface area contributed by atoms with Crippen molar-refractivity contribution in [2.75, 3.05) is 30.3 Å². The number of unbranched alkanes of at least 4 members (excludes halogenated alkanes) is 11. The Balaban J connectivity index is 3.60. The lowest BCUT2D eigenvalue weighted by Crippen LogP contribution is -2.30. The molecule has 0 fully saturated rings. The largest absolute Gasteiger partial charge is 0.391 e. The minimum Gasteiger partial charge on any atom is -0.391 e. The molecule has 0 saturated heterocycles. The average molecular weight is 464 g/mol. The van der Waals surface area contributed by atoms with E-state index in [1.807, 2.05) is 11.8 Å². The average Bonchev–Trinajstić information content (AvgIpc) is 2.73. The summed E-state index contributed by atoms with van der Waals surface area (Å²) < 4.78 is 0.977. The predicted octanol–water partition coefficient (Wildman–Crippen LogP) is 7.92. The van der Waals surface area contributed by atoms with Crippen LogP contribution in [0.25, 0.3) is 0 Å². The maximum Gasteiger partial charge on any atom is 0.136 e. The minimum atomic E-state index is -0.245. The number of hydrogen-bond donors (Lipinski definition) is 1. The van der Waals surface area contributed by atoms with E-state index in [1.165, 1.54) is 95.6 Å². The number of thiocarbonyl (C=S) groups is 1. The maximum atomic E-state index is 10.3. The van der Waals surface area contributed by atoms with Crippen LogP contribution in [0.4, 0.5) is 0 Å². The van der Waals surface area contributed by atoms with Crippen LogP contribution in [0.15, 0.2) is 0 Å². The van der Waals surface area contributed by atoms with Gasteiger partial charge in [-0.2, -0.15) is 11.8 Å². The molecule has 29 heavy (non-hydrogen) atoms. The standard InChI is InChI=1S/C24H49NOS3/c1-4-7-10-11-12-13-14-15-16-17-20-28-21-23(26)22-29-24(27)25(18-8-5-2)19-9-6-3/h23,26H,4-22H2,1-3H3. The van der Waals surface area contributed by atoms with E-state index in [1.54, 1.807) is 11.8 Å². The van der Waals surface area contributed by atoms with E-state index in [-0.39, 0.29) is 6.10 Å². The second kappa shape index (κ2) is 23.2. The Morgan fingerprint density at radius 2 is 1.21 bits per heavy atom. The molecular formula is C24H49NOS3. The van der Waals surface area contributed by atoms with Crippen molar-refractivity contribution < 1.29 is 5.11 Å². The van der Waals surface area contributed by atoms with Gasteiger partial charge in [0.1, 0.15) is 4.32 Å². The van der Waals surface area contributed by atoms with Gasteiger partial charge < -0.3 is 10.0 Å². The lowest BCUT2D eigenvalue weighted by Gasteiger charge is -2.25. The van der Waals surface area contributed by atoms with Crippen molar-refractivity contribution in [2.45, 2.75) is 117 Å². The van der Waals surface area contributed by atoms with E-state index < -0.39 is 0 Å². The normalized spacial score (nSPS) is 12.3. The molecule has 0 aromatic heterocycles. The summed E-state index contributed by atoms with van der Waals surface area (Å²) in [7, 11) is 0. The molecule has 0 saturated carbocycles. The van der Waals surface area contributed by atoms with E-state index in [0.717, 1.165) is 28.9 Å². The van der Waals surface area contributed by atoms with Crippen molar-refractivity contribution in [3.8, 4) is 0 Å². The fraction of sp³-hybridized carbons (Fsp3) is 0.958. The molecule has 0 bridgehead atoms. The van der Waals surface area contributed by atoms with Crippen LogP contribution in [0.1, 0.15) is 111 Å². The fourth-order valence-corrected chi connectivity index (χ4v) is 5.53. The Morgan fingerprint density at radius 1 is 0.724 bits per heavy atom. The van der Waals surface area contributed by atoms with Crippen LogP contribution in [0, 0.1) is 0 Å². The van der Waals surface area contributed by atoms with Gasteiger partial charge in [0.15, 0.2) is 0 Å². The number of thioether (sulfide) groups is 2.